The maximum atomic E-state index is 12.6. The second-order valence-electron chi connectivity index (χ2n) is 4.61. The van der Waals surface area contributed by atoms with E-state index < -0.39 is 11.7 Å². The molecular formula is C16H14F3NO. The van der Waals surface area contributed by atoms with E-state index in [4.69, 9.17) is 0 Å². The van der Waals surface area contributed by atoms with Crippen molar-refractivity contribution in [2.45, 2.75) is 19.0 Å². The second-order valence-corrected chi connectivity index (χ2v) is 4.61. The number of alkyl halides is 3. The highest BCUT2D eigenvalue weighted by Crippen LogP contribution is 2.30. The van der Waals surface area contributed by atoms with Gasteiger partial charge in [0.1, 0.15) is 0 Å². The van der Waals surface area contributed by atoms with Crippen LogP contribution in [0.5, 0.6) is 0 Å². The van der Waals surface area contributed by atoms with E-state index in [1.165, 1.54) is 12.1 Å². The van der Waals surface area contributed by atoms with Crippen molar-refractivity contribution in [2.75, 3.05) is 5.32 Å². The standard InChI is InChI=1S/C16H14F3NO/c17-16(18,19)13-7-4-8-14(11-13)20-15(21)10-9-12-5-2-1-3-6-12/h1-8,11H,9-10H2,(H,20,21). The lowest BCUT2D eigenvalue weighted by molar-refractivity contribution is -0.137. The molecule has 0 fully saturated rings. The first-order valence-electron chi connectivity index (χ1n) is 6.46. The Balaban J connectivity index is 1.94. The molecule has 0 radical (unpaired) electrons. The molecule has 0 bridgehead atoms. The lowest BCUT2D eigenvalue weighted by atomic mass is 10.1. The number of halogens is 3. The Kier molecular flexibility index (Phi) is 4.62. The van der Waals surface area contributed by atoms with Crippen molar-refractivity contribution >= 4 is 11.6 Å². The molecule has 0 aromatic heterocycles. The summed E-state index contributed by atoms with van der Waals surface area (Å²) in [6.07, 6.45) is -3.64. The van der Waals surface area contributed by atoms with Gasteiger partial charge in [-0.05, 0) is 30.2 Å². The summed E-state index contributed by atoms with van der Waals surface area (Å²) in [5.41, 5.74) is 0.392. The van der Waals surface area contributed by atoms with Gasteiger partial charge in [-0.3, -0.25) is 4.79 Å². The zero-order valence-electron chi connectivity index (χ0n) is 11.2. The highest BCUT2D eigenvalue weighted by molar-refractivity contribution is 5.90. The summed E-state index contributed by atoms with van der Waals surface area (Å²) in [5.74, 6) is -0.307. The van der Waals surface area contributed by atoms with Crippen LogP contribution in [0.2, 0.25) is 0 Å². The van der Waals surface area contributed by atoms with E-state index in [1.807, 2.05) is 30.3 Å². The topological polar surface area (TPSA) is 29.1 Å². The first kappa shape index (κ1) is 15.1. The van der Waals surface area contributed by atoms with Crippen molar-refractivity contribution in [1.29, 1.82) is 0 Å². The van der Waals surface area contributed by atoms with Crippen molar-refractivity contribution in [1.82, 2.24) is 0 Å². The molecule has 21 heavy (non-hydrogen) atoms. The monoisotopic (exact) mass is 293 g/mol. The van der Waals surface area contributed by atoms with E-state index in [2.05, 4.69) is 5.32 Å². The summed E-state index contributed by atoms with van der Waals surface area (Å²) in [6, 6.07) is 14.0. The maximum absolute atomic E-state index is 12.6. The number of rotatable bonds is 4. The molecule has 110 valence electrons. The van der Waals surface area contributed by atoms with Crippen LogP contribution >= 0.6 is 0 Å². The fraction of sp³-hybridized carbons (Fsp3) is 0.188. The summed E-state index contributed by atoms with van der Waals surface area (Å²) in [5, 5.41) is 2.49. The maximum Gasteiger partial charge on any atom is 0.416 e. The fourth-order valence-corrected chi connectivity index (χ4v) is 1.90. The van der Waals surface area contributed by atoms with E-state index in [-0.39, 0.29) is 18.0 Å². The minimum atomic E-state index is -4.41. The summed E-state index contributed by atoms with van der Waals surface area (Å²) in [6.45, 7) is 0. The average molecular weight is 293 g/mol. The van der Waals surface area contributed by atoms with Crippen LogP contribution in [0.15, 0.2) is 54.6 Å². The third-order valence-corrected chi connectivity index (χ3v) is 2.96. The molecule has 5 heteroatoms. The number of carbonyl (C=O) groups excluding carboxylic acids is 1. The minimum absolute atomic E-state index is 0.155. The predicted molar refractivity (Wildman–Crippen MR) is 74.8 cm³/mol. The van der Waals surface area contributed by atoms with Gasteiger partial charge in [0.05, 0.1) is 5.56 Å². The molecule has 0 aliphatic carbocycles. The normalized spacial score (nSPS) is 11.2. The molecule has 2 aromatic carbocycles. The zero-order valence-corrected chi connectivity index (χ0v) is 11.2. The Bertz CT molecular complexity index is 608. The molecular weight excluding hydrogens is 279 g/mol. The van der Waals surface area contributed by atoms with Crippen molar-refractivity contribution in [3.8, 4) is 0 Å². The lowest BCUT2D eigenvalue weighted by Crippen LogP contribution is -2.13. The summed E-state index contributed by atoms with van der Waals surface area (Å²) < 4.78 is 37.7. The highest BCUT2D eigenvalue weighted by atomic mass is 19.4. The van der Waals surface area contributed by atoms with Gasteiger partial charge in [-0.2, -0.15) is 13.2 Å². The van der Waals surface area contributed by atoms with Gasteiger partial charge in [0.25, 0.3) is 0 Å². The van der Waals surface area contributed by atoms with Crippen LogP contribution in [0.4, 0.5) is 18.9 Å². The van der Waals surface area contributed by atoms with Gasteiger partial charge >= 0.3 is 6.18 Å². The first-order chi connectivity index (χ1) is 9.95. The minimum Gasteiger partial charge on any atom is -0.326 e. The van der Waals surface area contributed by atoms with Crippen molar-refractivity contribution in [2.24, 2.45) is 0 Å². The van der Waals surface area contributed by atoms with Gasteiger partial charge < -0.3 is 5.32 Å². The molecule has 0 atom stereocenters. The molecule has 0 aliphatic heterocycles. The Morgan fingerprint density at radius 3 is 2.38 bits per heavy atom. The Morgan fingerprint density at radius 1 is 1.00 bits per heavy atom. The van der Waals surface area contributed by atoms with Gasteiger partial charge in [0, 0.05) is 12.1 Å². The van der Waals surface area contributed by atoms with Crippen LogP contribution in [0.1, 0.15) is 17.5 Å². The molecule has 0 unspecified atom stereocenters. The molecule has 2 aromatic rings. The number of anilines is 1. The Morgan fingerprint density at radius 2 is 1.71 bits per heavy atom. The largest absolute Gasteiger partial charge is 0.416 e. The number of carbonyl (C=O) groups is 1. The quantitative estimate of drug-likeness (QED) is 0.895. The summed E-state index contributed by atoms with van der Waals surface area (Å²) in [7, 11) is 0. The van der Waals surface area contributed by atoms with E-state index >= 15 is 0 Å². The zero-order chi connectivity index (χ0) is 15.3. The molecule has 2 nitrogen and oxygen atoms in total. The Hall–Kier alpha value is -2.30. The number of amides is 1. The van der Waals surface area contributed by atoms with Gasteiger partial charge in [-0.25, -0.2) is 0 Å². The molecule has 0 saturated heterocycles. The fourth-order valence-electron chi connectivity index (χ4n) is 1.90. The molecule has 0 saturated carbocycles. The van der Waals surface area contributed by atoms with Crippen molar-refractivity contribution in [3.05, 3.63) is 65.7 Å². The van der Waals surface area contributed by atoms with Gasteiger partial charge in [0.15, 0.2) is 0 Å². The second kappa shape index (κ2) is 6.43. The molecule has 0 heterocycles. The summed E-state index contributed by atoms with van der Waals surface area (Å²) in [4.78, 5) is 11.8. The molecule has 2 rings (SSSR count). The number of nitrogens with one attached hydrogen (secondary N) is 1. The van der Waals surface area contributed by atoms with E-state index in [0.717, 1.165) is 17.7 Å². The van der Waals surface area contributed by atoms with E-state index in [0.29, 0.717) is 6.42 Å². The molecule has 1 amide bonds. The third-order valence-electron chi connectivity index (χ3n) is 2.96. The number of hydrogen-bond acceptors (Lipinski definition) is 1. The lowest BCUT2D eigenvalue weighted by Gasteiger charge is -2.10. The van der Waals surface area contributed by atoms with Crippen LogP contribution < -0.4 is 5.32 Å². The molecule has 0 spiro atoms. The van der Waals surface area contributed by atoms with E-state index in [1.54, 1.807) is 0 Å². The highest BCUT2D eigenvalue weighted by Gasteiger charge is 2.30. The number of hydrogen-bond donors (Lipinski definition) is 1. The first-order valence-corrected chi connectivity index (χ1v) is 6.46. The number of aryl methyl sites for hydroxylation is 1. The third kappa shape index (κ3) is 4.63. The van der Waals surface area contributed by atoms with Gasteiger partial charge in [-0.15, -0.1) is 0 Å². The molecule has 0 aliphatic rings. The van der Waals surface area contributed by atoms with Crippen LogP contribution in [0, 0.1) is 0 Å². The molecule has 1 N–H and O–H groups in total. The van der Waals surface area contributed by atoms with Crippen molar-refractivity contribution < 1.29 is 18.0 Å². The van der Waals surface area contributed by atoms with Crippen molar-refractivity contribution in [3.63, 3.8) is 0 Å². The van der Waals surface area contributed by atoms with Gasteiger partial charge in [0.2, 0.25) is 5.91 Å². The Labute approximate surface area is 120 Å². The van der Waals surface area contributed by atoms with Crippen LogP contribution in [0.25, 0.3) is 0 Å². The van der Waals surface area contributed by atoms with E-state index in [9.17, 15) is 18.0 Å². The van der Waals surface area contributed by atoms with Gasteiger partial charge in [-0.1, -0.05) is 36.4 Å². The van der Waals surface area contributed by atoms with Crippen LogP contribution in [-0.2, 0) is 17.4 Å². The smallest absolute Gasteiger partial charge is 0.326 e. The van der Waals surface area contributed by atoms with Crippen LogP contribution in [0.3, 0.4) is 0 Å². The average Bonchev–Trinajstić information content (AvgIpc) is 2.46. The number of benzene rings is 2. The van der Waals surface area contributed by atoms with Crippen LogP contribution in [-0.4, -0.2) is 5.91 Å². The summed E-state index contributed by atoms with van der Waals surface area (Å²) >= 11 is 0. The predicted octanol–water partition coefficient (Wildman–Crippen LogP) is 4.28. The SMILES string of the molecule is O=C(CCc1ccccc1)Nc1cccc(C(F)(F)F)c1.